The van der Waals surface area contributed by atoms with E-state index >= 15 is 0 Å². The van der Waals surface area contributed by atoms with Gasteiger partial charge in [-0.25, -0.2) is 0 Å². The summed E-state index contributed by atoms with van der Waals surface area (Å²) in [4.78, 5) is 0. The topological polar surface area (TPSA) is 9.23 Å². The smallest absolute Gasteiger partial charge is 0.127 e. The molecule has 2 fully saturated rings. The summed E-state index contributed by atoms with van der Waals surface area (Å²) in [5, 5.41) is 1.63. The van der Waals surface area contributed by atoms with Gasteiger partial charge in [0.05, 0.1) is 7.11 Å². The van der Waals surface area contributed by atoms with Gasteiger partial charge in [0.2, 0.25) is 0 Å². The zero-order valence-electron chi connectivity index (χ0n) is 20.0. The summed E-state index contributed by atoms with van der Waals surface area (Å²) >= 11 is 0. The molecule has 5 rings (SSSR count). The van der Waals surface area contributed by atoms with Crippen LogP contribution >= 0.6 is 7.92 Å². The summed E-state index contributed by atoms with van der Waals surface area (Å²) in [5.41, 5.74) is 7.00. The lowest BCUT2D eigenvalue weighted by Crippen LogP contribution is -2.27. The third-order valence-corrected chi connectivity index (χ3v) is 11.3. The Morgan fingerprint density at radius 3 is 1.82 bits per heavy atom. The maximum Gasteiger partial charge on any atom is 0.127 e. The fourth-order valence-corrected chi connectivity index (χ4v) is 10.1. The molecule has 0 heterocycles. The van der Waals surface area contributed by atoms with Gasteiger partial charge in [0.25, 0.3) is 0 Å². The van der Waals surface area contributed by atoms with E-state index in [1.165, 1.54) is 86.5 Å². The Hall–Kier alpha value is -2.11. The SMILES string of the molecule is COc1cccc(-c2ccccc2)c1-c1ccccc1P(C1CCCCC1)C1CCCCC1. The Kier molecular flexibility index (Phi) is 7.47. The third-order valence-electron chi connectivity index (χ3n) is 7.72. The average Bonchev–Trinajstić information content (AvgIpc) is 2.90. The van der Waals surface area contributed by atoms with Gasteiger partial charge in [-0.2, -0.15) is 0 Å². The van der Waals surface area contributed by atoms with Gasteiger partial charge in [0, 0.05) is 5.56 Å². The summed E-state index contributed by atoms with van der Waals surface area (Å²) in [6.45, 7) is 0. The summed E-state index contributed by atoms with van der Waals surface area (Å²) in [6.07, 6.45) is 14.2. The van der Waals surface area contributed by atoms with Gasteiger partial charge < -0.3 is 4.74 Å². The highest BCUT2D eigenvalue weighted by Crippen LogP contribution is 2.57. The molecule has 3 aromatic rings. The van der Waals surface area contributed by atoms with E-state index in [-0.39, 0.29) is 7.92 Å². The Labute approximate surface area is 201 Å². The molecule has 0 saturated heterocycles. The number of hydrogen-bond acceptors (Lipinski definition) is 1. The van der Waals surface area contributed by atoms with Gasteiger partial charge in [0.1, 0.15) is 5.75 Å². The Balaban J connectivity index is 1.67. The second-order valence-electron chi connectivity index (χ2n) is 9.76. The van der Waals surface area contributed by atoms with E-state index in [1.807, 2.05) is 7.11 Å². The van der Waals surface area contributed by atoms with Gasteiger partial charge in [-0.05, 0) is 65.1 Å². The number of rotatable bonds is 6. The van der Waals surface area contributed by atoms with Crippen LogP contribution in [-0.2, 0) is 0 Å². The molecule has 33 heavy (non-hydrogen) atoms. The molecule has 2 aliphatic rings. The van der Waals surface area contributed by atoms with Gasteiger partial charge in [-0.15, -0.1) is 0 Å². The lowest BCUT2D eigenvalue weighted by Gasteiger charge is -2.39. The molecule has 0 N–H and O–H groups in total. The fourth-order valence-electron chi connectivity index (χ4n) is 6.16. The molecule has 0 radical (unpaired) electrons. The van der Waals surface area contributed by atoms with Gasteiger partial charge in [-0.1, -0.05) is 113 Å². The molecule has 2 heteroatoms. The van der Waals surface area contributed by atoms with Crippen LogP contribution in [0.1, 0.15) is 64.2 Å². The molecule has 0 atom stereocenters. The molecule has 1 nitrogen and oxygen atoms in total. The largest absolute Gasteiger partial charge is 0.496 e. The van der Waals surface area contributed by atoms with Crippen molar-refractivity contribution < 1.29 is 4.74 Å². The van der Waals surface area contributed by atoms with Crippen LogP contribution in [0, 0.1) is 0 Å². The molecule has 2 saturated carbocycles. The third kappa shape index (κ3) is 4.90. The predicted molar refractivity (Wildman–Crippen MR) is 144 cm³/mol. The van der Waals surface area contributed by atoms with Gasteiger partial charge in [-0.3, -0.25) is 0 Å². The van der Waals surface area contributed by atoms with Crippen LogP contribution in [0.5, 0.6) is 5.75 Å². The zero-order valence-corrected chi connectivity index (χ0v) is 20.9. The van der Waals surface area contributed by atoms with Crippen LogP contribution in [0.15, 0.2) is 72.8 Å². The van der Waals surface area contributed by atoms with Crippen molar-refractivity contribution in [2.45, 2.75) is 75.5 Å². The zero-order chi connectivity index (χ0) is 22.5. The molecule has 0 amide bonds. The first-order valence-corrected chi connectivity index (χ1v) is 14.4. The van der Waals surface area contributed by atoms with Crippen molar-refractivity contribution in [3.8, 4) is 28.0 Å². The summed E-state index contributed by atoms with van der Waals surface area (Å²) < 4.78 is 5.99. The standard InChI is InChI=1S/C31H37OP/c1-32-29-22-13-21-27(24-14-5-2-6-15-24)31(29)28-20-11-12-23-30(28)33(25-16-7-3-8-17-25)26-18-9-4-10-19-26/h2,5-6,11-15,20-23,25-26H,3-4,7-10,16-19H2,1H3. The number of ether oxygens (including phenoxy) is 1. The van der Waals surface area contributed by atoms with E-state index in [4.69, 9.17) is 4.74 Å². The van der Waals surface area contributed by atoms with Crippen molar-refractivity contribution in [1.82, 2.24) is 0 Å². The normalized spacial score (nSPS) is 17.9. The minimum absolute atomic E-state index is 0.191. The molecule has 0 aliphatic heterocycles. The van der Waals surface area contributed by atoms with Crippen LogP contribution in [0.4, 0.5) is 0 Å². The van der Waals surface area contributed by atoms with Crippen LogP contribution in [-0.4, -0.2) is 18.4 Å². The lowest BCUT2D eigenvalue weighted by molar-refractivity contribution is 0.416. The highest BCUT2D eigenvalue weighted by Gasteiger charge is 2.34. The van der Waals surface area contributed by atoms with Crippen LogP contribution in [0.2, 0.25) is 0 Å². The monoisotopic (exact) mass is 456 g/mol. The molecule has 172 valence electrons. The summed E-state index contributed by atoms with van der Waals surface area (Å²) in [6, 6.07) is 26.8. The van der Waals surface area contributed by atoms with Crippen LogP contribution in [0.25, 0.3) is 22.3 Å². The van der Waals surface area contributed by atoms with E-state index < -0.39 is 0 Å². The lowest BCUT2D eigenvalue weighted by atomic mass is 9.93. The Morgan fingerprint density at radius 1 is 0.606 bits per heavy atom. The molecule has 2 aliphatic carbocycles. The number of methoxy groups -OCH3 is 1. The Bertz CT molecular complexity index is 1010. The summed E-state index contributed by atoms with van der Waals surface area (Å²) in [5.74, 6) is 0.992. The van der Waals surface area contributed by atoms with Gasteiger partial charge >= 0.3 is 0 Å². The average molecular weight is 457 g/mol. The molecular weight excluding hydrogens is 419 g/mol. The van der Waals surface area contributed by atoms with Crippen LogP contribution in [0.3, 0.4) is 0 Å². The predicted octanol–water partition coefficient (Wildman–Crippen LogP) is 8.80. The molecule has 0 unspecified atom stereocenters. The minimum Gasteiger partial charge on any atom is -0.496 e. The molecule has 0 bridgehead atoms. The molecule has 0 aromatic heterocycles. The second-order valence-corrected chi connectivity index (χ2v) is 12.5. The quantitative estimate of drug-likeness (QED) is 0.337. The summed E-state index contributed by atoms with van der Waals surface area (Å²) in [7, 11) is 1.63. The van der Waals surface area contributed by atoms with E-state index in [2.05, 4.69) is 72.8 Å². The second kappa shape index (κ2) is 10.9. The first-order valence-electron chi connectivity index (χ1n) is 13.0. The van der Waals surface area contributed by atoms with Crippen molar-refractivity contribution in [3.05, 3.63) is 72.8 Å². The molecular formula is C31H37OP. The first kappa shape index (κ1) is 22.7. The number of hydrogen-bond donors (Lipinski definition) is 0. The maximum absolute atomic E-state index is 5.99. The van der Waals surface area contributed by atoms with Crippen molar-refractivity contribution in [2.24, 2.45) is 0 Å². The van der Waals surface area contributed by atoms with Crippen molar-refractivity contribution in [3.63, 3.8) is 0 Å². The van der Waals surface area contributed by atoms with E-state index in [0.29, 0.717) is 0 Å². The first-order chi connectivity index (χ1) is 16.4. The van der Waals surface area contributed by atoms with E-state index in [0.717, 1.165) is 17.1 Å². The van der Waals surface area contributed by atoms with Crippen molar-refractivity contribution >= 4 is 13.2 Å². The molecule has 0 spiro atoms. The molecule has 3 aromatic carbocycles. The van der Waals surface area contributed by atoms with E-state index in [9.17, 15) is 0 Å². The Morgan fingerprint density at radius 2 is 1.18 bits per heavy atom. The maximum atomic E-state index is 5.99. The minimum atomic E-state index is -0.191. The fraction of sp³-hybridized carbons (Fsp3) is 0.419. The number of benzene rings is 3. The van der Waals surface area contributed by atoms with Crippen LogP contribution < -0.4 is 10.0 Å². The highest BCUT2D eigenvalue weighted by atomic mass is 31.1. The van der Waals surface area contributed by atoms with Gasteiger partial charge in [0.15, 0.2) is 0 Å². The van der Waals surface area contributed by atoms with Crippen molar-refractivity contribution in [2.75, 3.05) is 7.11 Å². The van der Waals surface area contributed by atoms with E-state index in [1.54, 1.807) is 5.30 Å². The van der Waals surface area contributed by atoms with Crippen molar-refractivity contribution in [1.29, 1.82) is 0 Å². The highest BCUT2D eigenvalue weighted by molar-refractivity contribution is 7.67.